The van der Waals surface area contributed by atoms with Crippen LogP contribution in [0.5, 0.6) is 0 Å². The molecule has 0 bridgehead atoms. The Morgan fingerprint density at radius 1 is 1.30 bits per heavy atom. The second-order valence-electron chi connectivity index (χ2n) is 10.1. The molecule has 8 heteroatoms. The maximum absolute atomic E-state index is 12.5. The number of nitrogens with zero attached hydrogens (tertiary/aromatic N) is 3. The molecule has 0 aliphatic heterocycles. The molecule has 0 aromatic carbocycles. The van der Waals surface area contributed by atoms with E-state index in [1.165, 1.54) is 6.20 Å². The number of nitrogens with one attached hydrogen (secondary N) is 3. The van der Waals surface area contributed by atoms with Crippen LogP contribution in [-0.2, 0) is 0 Å². The van der Waals surface area contributed by atoms with Crippen molar-refractivity contribution in [3.63, 3.8) is 0 Å². The standard InChI is InChI=1S/C22H34N6O2/c1-21(2,3)13-24-16-8-7-15(26-19(16)23-6)14-9-10-22(4,5)18(11-14)27-20(29)17-12-25-30-28-17/h7-8,12,14,18,24H,9-11,13H2,1-6H3,(H,23,26)(H,27,29). The summed E-state index contributed by atoms with van der Waals surface area (Å²) in [5.74, 6) is 0.888. The molecule has 2 aromatic rings. The van der Waals surface area contributed by atoms with Crippen LogP contribution in [0.2, 0.25) is 0 Å². The lowest BCUT2D eigenvalue weighted by atomic mass is 9.68. The fraction of sp³-hybridized carbons (Fsp3) is 0.636. The van der Waals surface area contributed by atoms with Gasteiger partial charge in [-0.1, -0.05) is 39.8 Å². The van der Waals surface area contributed by atoms with Gasteiger partial charge >= 0.3 is 0 Å². The van der Waals surface area contributed by atoms with Crippen LogP contribution in [0.15, 0.2) is 23.0 Å². The van der Waals surface area contributed by atoms with Crippen LogP contribution in [-0.4, -0.2) is 40.8 Å². The van der Waals surface area contributed by atoms with Gasteiger partial charge in [-0.2, -0.15) is 0 Å². The minimum atomic E-state index is -0.249. The van der Waals surface area contributed by atoms with E-state index in [0.29, 0.717) is 0 Å². The number of hydrogen-bond donors (Lipinski definition) is 3. The fourth-order valence-electron chi connectivity index (χ4n) is 3.86. The smallest absolute Gasteiger partial charge is 0.275 e. The lowest BCUT2D eigenvalue weighted by Crippen LogP contribution is -2.48. The Bertz CT molecular complexity index is 857. The maximum atomic E-state index is 12.5. The minimum absolute atomic E-state index is 0.0106. The average Bonchev–Trinajstić information content (AvgIpc) is 3.22. The van der Waals surface area contributed by atoms with Gasteiger partial charge in [0.05, 0.1) is 5.69 Å². The highest BCUT2D eigenvalue weighted by atomic mass is 16.6. The molecule has 164 valence electrons. The SMILES string of the molecule is CNc1nc(C2CCC(C)(C)C(NC(=O)c3cnon3)C2)ccc1NCC(C)(C)C. The second-order valence-corrected chi connectivity index (χ2v) is 10.1. The van der Waals surface area contributed by atoms with Gasteiger partial charge in [0.25, 0.3) is 5.91 Å². The van der Waals surface area contributed by atoms with Crippen molar-refractivity contribution < 1.29 is 9.42 Å². The third-order valence-corrected chi connectivity index (χ3v) is 5.88. The lowest BCUT2D eigenvalue weighted by molar-refractivity contribution is 0.0827. The molecule has 2 atom stereocenters. The summed E-state index contributed by atoms with van der Waals surface area (Å²) in [6.07, 6.45) is 4.21. The van der Waals surface area contributed by atoms with Gasteiger partial charge in [0.2, 0.25) is 0 Å². The zero-order valence-corrected chi connectivity index (χ0v) is 18.9. The predicted molar refractivity (Wildman–Crippen MR) is 118 cm³/mol. The molecule has 2 heterocycles. The summed E-state index contributed by atoms with van der Waals surface area (Å²) >= 11 is 0. The number of pyridine rings is 1. The van der Waals surface area contributed by atoms with Gasteiger partial charge in [-0.3, -0.25) is 4.79 Å². The number of anilines is 2. The van der Waals surface area contributed by atoms with Gasteiger partial charge in [-0.05, 0) is 47.4 Å². The van der Waals surface area contributed by atoms with Crippen molar-refractivity contribution in [1.29, 1.82) is 0 Å². The Morgan fingerprint density at radius 2 is 2.07 bits per heavy atom. The lowest BCUT2D eigenvalue weighted by Gasteiger charge is -2.42. The van der Waals surface area contributed by atoms with Crippen LogP contribution < -0.4 is 16.0 Å². The van der Waals surface area contributed by atoms with E-state index in [1.54, 1.807) is 0 Å². The van der Waals surface area contributed by atoms with Crippen molar-refractivity contribution in [3.8, 4) is 0 Å². The van der Waals surface area contributed by atoms with E-state index in [0.717, 1.165) is 43.0 Å². The predicted octanol–water partition coefficient (Wildman–Crippen LogP) is 4.06. The van der Waals surface area contributed by atoms with E-state index < -0.39 is 0 Å². The highest BCUT2D eigenvalue weighted by Gasteiger charge is 2.38. The molecule has 1 aliphatic rings. The van der Waals surface area contributed by atoms with Gasteiger partial charge in [0, 0.05) is 31.2 Å². The van der Waals surface area contributed by atoms with Crippen LogP contribution in [0.1, 0.15) is 76.0 Å². The highest BCUT2D eigenvalue weighted by Crippen LogP contribution is 2.43. The van der Waals surface area contributed by atoms with E-state index in [4.69, 9.17) is 4.98 Å². The number of carbonyl (C=O) groups is 1. The topological polar surface area (TPSA) is 105 Å². The first-order chi connectivity index (χ1) is 14.1. The Balaban J connectivity index is 1.74. The first-order valence-electron chi connectivity index (χ1n) is 10.6. The molecule has 1 fully saturated rings. The zero-order valence-electron chi connectivity index (χ0n) is 18.9. The van der Waals surface area contributed by atoms with Crippen LogP contribution in [0.25, 0.3) is 0 Å². The van der Waals surface area contributed by atoms with Crippen molar-refractivity contribution in [1.82, 2.24) is 20.6 Å². The molecule has 0 saturated heterocycles. The summed E-state index contributed by atoms with van der Waals surface area (Å²) < 4.78 is 4.56. The molecule has 1 saturated carbocycles. The van der Waals surface area contributed by atoms with Crippen LogP contribution in [0, 0.1) is 10.8 Å². The van der Waals surface area contributed by atoms with Gasteiger partial charge in [0.15, 0.2) is 5.69 Å². The van der Waals surface area contributed by atoms with Gasteiger partial charge in [0.1, 0.15) is 12.0 Å². The molecular weight excluding hydrogens is 380 g/mol. The number of amides is 1. The second kappa shape index (κ2) is 8.62. The van der Waals surface area contributed by atoms with Crippen LogP contribution in [0.4, 0.5) is 11.5 Å². The molecular formula is C22H34N6O2. The average molecular weight is 415 g/mol. The minimum Gasteiger partial charge on any atom is -0.382 e. The zero-order chi connectivity index (χ0) is 21.9. The van der Waals surface area contributed by atoms with Gasteiger partial charge in [-0.15, -0.1) is 0 Å². The quantitative estimate of drug-likeness (QED) is 0.655. The summed E-state index contributed by atoms with van der Waals surface area (Å²) in [6, 6.07) is 4.22. The Kier molecular flexibility index (Phi) is 6.33. The monoisotopic (exact) mass is 414 g/mol. The molecule has 0 radical (unpaired) electrons. The third-order valence-electron chi connectivity index (χ3n) is 5.88. The summed E-state index contributed by atoms with van der Waals surface area (Å²) in [5.41, 5.74) is 2.44. The molecule has 3 rings (SSSR count). The summed E-state index contributed by atoms with van der Waals surface area (Å²) in [4.78, 5) is 17.4. The van der Waals surface area contributed by atoms with Gasteiger partial charge in [-0.25, -0.2) is 9.61 Å². The van der Waals surface area contributed by atoms with E-state index in [1.807, 2.05) is 7.05 Å². The van der Waals surface area contributed by atoms with Gasteiger partial charge < -0.3 is 16.0 Å². The third kappa shape index (κ3) is 5.29. The largest absolute Gasteiger partial charge is 0.382 e. The molecule has 1 amide bonds. The molecule has 8 nitrogen and oxygen atoms in total. The van der Waals surface area contributed by atoms with Crippen LogP contribution >= 0.6 is 0 Å². The molecule has 2 unspecified atom stereocenters. The van der Waals surface area contributed by atoms with E-state index >= 15 is 0 Å². The summed E-state index contributed by atoms with van der Waals surface area (Å²) in [5, 5.41) is 17.0. The van der Waals surface area contributed by atoms with E-state index in [2.05, 4.69) is 77.6 Å². The summed E-state index contributed by atoms with van der Waals surface area (Å²) in [6.45, 7) is 11.9. The highest BCUT2D eigenvalue weighted by molar-refractivity contribution is 5.92. The molecule has 30 heavy (non-hydrogen) atoms. The Morgan fingerprint density at radius 3 is 2.70 bits per heavy atom. The van der Waals surface area contributed by atoms with Crippen LogP contribution in [0.3, 0.4) is 0 Å². The Hall–Kier alpha value is -2.64. The van der Waals surface area contributed by atoms with Crippen molar-refractivity contribution in [2.45, 2.75) is 65.8 Å². The normalized spacial score (nSPS) is 21.1. The molecule has 3 N–H and O–H groups in total. The number of rotatable bonds is 6. The Labute approximate surface area is 178 Å². The number of hydrogen-bond acceptors (Lipinski definition) is 7. The van der Waals surface area contributed by atoms with Crippen molar-refractivity contribution >= 4 is 17.4 Å². The molecule has 1 aliphatic carbocycles. The summed E-state index contributed by atoms with van der Waals surface area (Å²) in [7, 11) is 1.90. The van der Waals surface area contributed by atoms with Crippen molar-refractivity contribution in [2.24, 2.45) is 10.8 Å². The molecule has 0 spiro atoms. The number of aromatic nitrogens is 3. The number of carbonyl (C=O) groups excluding carboxylic acids is 1. The molecule has 2 aromatic heterocycles. The first-order valence-corrected chi connectivity index (χ1v) is 10.6. The van der Waals surface area contributed by atoms with E-state index in [9.17, 15) is 4.79 Å². The van der Waals surface area contributed by atoms with Crippen molar-refractivity contribution in [3.05, 3.63) is 29.7 Å². The fourth-order valence-corrected chi connectivity index (χ4v) is 3.86. The first kappa shape index (κ1) is 22.1. The van der Waals surface area contributed by atoms with E-state index in [-0.39, 0.29) is 34.4 Å². The van der Waals surface area contributed by atoms with Crippen molar-refractivity contribution in [2.75, 3.05) is 24.2 Å². The maximum Gasteiger partial charge on any atom is 0.275 e.